The zero-order valence-corrected chi connectivity index (χ0v) is 19.6. The third-order valence-electron chi connectivity index (χ3n) is 4.81. The number of aryl methyl sites for hydroxylation is 1. The molecule has 5 nitrogen and oxygen atoms in total. The molecule has 3 heterocycles. The number of nitrogens with zero attached hydrogens (tertiary/aromatic N) is 3. The van der Waals surface area contributed by atoms with Gasteiger partial charge in [0.2, 0.25) is 0 Å². The predicted octanol–water partition coefficient (Wildman–Crippen LogP) is 5.16. The lowest BCUT2D eigenvalue weighted by atomic mass is 10.2. The van der Waals surface area contributed by atoms with Crippen LogP contribution in [0.3, 0.4) is 0 Å². The maximum Gasteiger partial charge on any atom is 0.266 e. The summed E-state index contributed by atoms with van der Waals surface area (Å²) in [6.07, 6.45) is 5.28. The average molecular weight is 468 g/mol. The summed E-state index contributed by atoms with van der Waals surface area (Å²) in [6, 6.07) is 13.5. The highest BCUT2D eigenvalue weighted by atomic mass is 32.2. The van der Waals surface area contributed by atoms with E-state index in [1.807, 2.05) is 49.4 Å². The summed E-state index contributed by atoms with van der Waals surface area (Å²) in [6.45, 7) is 4.60. The van der Waals surface area contributed by atoms with E-state index in [1.54, 1.807) is 17.2 Å². The van der Waals surface area contributed by atoms with Gasteiger partial charge < -0.3 is 0 Å². The Morgan fingerprint density at radius 3 is 2.68 bits per heavy atom. The van der Waals surface area contributed by atoms with Gasteiger partial charge in [-0.05, 0) is 43.2 Å². The van der Waals surface area contributed by atoms with Gasteiger partial charge in [0.1, 0.15) is 15.0 Å². The molecule has 3 aromatic rings. The molecule has 4 rings (SSSR count). The van der Waals surface area contributed by atoms with Crippen molar-refractivity contribution in [1.29, 1.82) is 0 Å². The molecule has 0 spiro atoms. The minimum absolute atomic E-state index is 0.146. The normalized spacial score (nSPS) is 15.4. The van der Waals surface area contributed by atoms with Crippen LogP contribution in [0.2, 0.25) is 0 Å². The number of thioether (sulfide) groups is 1. The zero-order chi connectivity index (χ0) is 22.0. The van der Waals surface area contributed by atoms with Crippen LogP contribution >= 0.6 is 35.7 Å². The Hall–Kier alpha value is -2.42. The van der Waals surface area contributed by atoms with Crippen LogP contribution in [-0.2, 0) is 4.79 Å². The molecule has 0 aliphatic carbocycles. The van der Waals surface area contributed by atoms with Crippen LogP contribution in [0, 0.1) is 6.92 Å². The molecular formula is C23H21N3O2S3. The number of hydrogen-bond donors (Lipinski definition) is 0. The van der Waals surface area contributed by atoms with Gasteiger partial charge in [0.15, 0.2) is 0 Å². The predicted molar refractivity (Wildman–Crippen MR) is 132 cm³/mol. The van der Waals surface area contributed by atoms with Crippen molar-refractivity contribution in [3.8, 4) is 0 Å². The van der Waals surface area contributed by atoms with Crippen molar-refractivity contribution in [2.75, 3.05) is 6.54 Å². The number of carbonyl (C=O) groups excluding carboxylic acids is 1. The van der Waals surface area contributed by atoms with E-state index >= 15 is 0 Å². The van der Waals surface area contributed by atoms with Crippen LogP contribution < -0.4 is 5.56 Å². The molecule has 0 radical (unpaired) electrons. The molecule has 1 aliphatic rings. The molecule has 8 heteroatoms. The van der Waals surface area contributed by atoms with E-state index in [2.05, 4.69) is 6.92 Å². The number of thiocarbonyl (C=S) groups is 1. The Bertz CT molecular complexity index is 1250. The first-order chi connectivity index (χ1) is 15.0. The van der Waals surface area contributed by atoms with Gasteiger partial charge in [-0.3, -0.25) is 18.9 Å². The van der Waals surface area contributed by atoms with E-state index < -0.39 is 0 Å². The Morgan fingerprint density at radius 1 is 1.16 bits per heavy atom. The minimum atomic E-state index is -0.203. The fraction of sp³-hybridized carbons (Fsp3) is 0.217. The Labute approximate surface area is 194 Å². The van der Waals surface area contributed by atoms with Crippen molar-refractivity contribution in [2.45, 2.75) is 36.6 Å². The van der Waals surface area contributed by atoms with Crippen LogP contribution in [0.5, 0.6) is 0 Å². The maximum atomic E-state index is 13.4. The van der Waals surface area contributed by atoms with Crippen molar-refractivity contribution in [3.05, 3.63) is 75.0 Å². The van der Waals surface area contributed by atoms with Gasteiger partial charge >= 0.3 is 0 Å². The molecule has 0 saturated carbocycles. The van der Waals surface area contributed by atoms with Gasteiger partial charge in [-0.2, -0.15) is 0 Å². The number of carbonyl (C=O) groups is 1. The summed E-state index contributed by atoms with van der Waals surface area (Å²) < 4.78 is 2.07. The van der Waals surface area contributed by atoms with Crippen LogP contribution in [0.1, 0.15) is 30.9 Å². The van der Waals surface area contributed by atoms with Crippen molar-refractivity contribution < 1.29 is 4.79 Å². The first kappa shape index (κ1) is 21.8. The molecule has 158 valence electrons. The van der Waals surface area contributed by atoms with Gasteiger partial charge in [-0.15, -0.1) is 0 Å². The molecule has 1 aromatic carbocycles. The van der Waals surface area contributed by atoms with E-state index in [9.17, 15) is 9.59 Å². The average Bonchev–Trinajstić information content (AvgIpc) is 3.03. The van der Waals surface area contributed by atoms with Crippen LogP contribution in [0.4, 0.5) is 0 Å². The van der Waals surface area contributed by atoms with E-state index in [-0.39, 0.29) is 11.5 Å². The molecule has 0 unspecified atom stereocenters. The Kier molecular flexibility index (Phi) is 6.60. The van der Waals surface area contributed by atoms with Crippen LogP contribution in [0.15, 0.2) is 68.3 Å². The number of pyridine rings is 1. The highest BCUT2D eigenvalue weighted by molar-refractivity contribution is 8.26. The number of benzene rings is 1. The lowest BCUT2D eigenvalue weighted by Crippen LogP contribution is -2.29. The molecular weight excluding hydrogens is 446 g/mol. The first-order valence-corrected chi connectivity index (χ1v) is 12.0. The van der Waals surface area contributed by atoms with Gasteiger partial charge in [0.25, 0.3) is 11.5 Å². The lowest BCUT2D eigenvalue weighted by molar-refractivity contribution is -0.122. The van der Waals surface area contributed by atoms with Crippen molar-refractivity contribution in [2.24, 2.45) is 0 Å². The molecule has 1 aliphatic heterocycles. The fourth-order valence-electron chi connectivity index (χ4n) is 3.18. The second-order valence-electron chi connectivity index (χ2n) is 7.17. The minimum Gasteiger partial charge on any atom is -0.293 e. The number of hydrogen-bond acceptors (Lipinski definition) is 6. The third-order valence-corrected chi connectivity index (χ3v) is 7.20. The molecule has 1 amide bonds. The van der Waals surface area contributed by atoms with E-state index in [0.717, 1.165) is 23.3 Å². The second kappa shape index (κ2) is 9.38. The van der Waals surface area contributed by atoms with Crippen molar-refractivity contribution >= 4 is 57.7 Å². The standard InChI is InChI=1S/C23H21N3O2S3/c1-3-4-12-25-22(28)18(31-23(25)29)13-17-20(30-16-8-6-5-7-9-16)24-19-11-10-15(2)14-26(19)21(17)27/h5-11,13-14H,3-4,12H2,1-2H3/b18-13-. The third kappa shape index (κ3) is 4.61. The number of rotatable bonds is 6. The highest BCUT2D eigenvalue weighted by Gasteiger charge is 2.32. The van der Waals surface area contributed by atoms with Crippen LogP contribution in [0.25, 0.3) is 11.7 Å². The van der Waals surface area contributed by atoms with Crippen molar-refractivity contribution in [1.82, 2.24) is 14.3 Å². The Balaban J connectivity index is 1.83. The molecule has 1 saturated heterocycles. The summed E-state index contributed by atoms with van der Waals surface area (Å²) in [5.41, 5.74) is 1.72. The Morgan fingerprint density at radius 2 is 1.94 bits per heavy atom. The molecule has 1 fully saturated rings. The number of fused-ring (bicyclic) bond motifs is 1. The molecule has 31 heavy (non-hydrogen) atoms. The second-order valence-corrected chi connectivity index (χ2v) is 9.91. The van der Waals surface area contributed by atoms with Gasteiger partial charge in [-0.25, -0.2) is 4.98 Å². The summed E-state index contributed by atoms with van der Waals surface area (Å²) >= 11 is 8.07. The smallest absolute Gasteiger partial charge is 0.266 e. The lowest BCUT2D eigenvalue weighted by Gasteiger charge is -2.13. The van der Waals surface area contributed by atoms with Gasteiger partial charge in [0, 0.05) is 17.6 Å². The molecule has 0 N–H and O–H groups in total. The van der Waals surface area contributed by atoms with Crippen LogP contribution in [-0.4, -0.2) is 31.1 Å². The quantitative estimate of drug-likeness (QED) is 0.284. The van der Waals surface area contributed by atoms with E-state index in [4.69, 9.17) is 17.2 Å². The van der Waals surface area contributed by atoms with Gasteiger partial charge in [0.05, 0.1) is 10.5 Å². The molecule has 2 aromatic heterocycles. The summed E-state index contributed by atoms with van der Waals surface area (Å²) in [4.78, 5) is 34.1. The molecule has 0 bridgehead atoms. The number of unbranched alkanes of at least 4 members (excludes halogenated alkanes) is 1. The summed E-state index contributed by atoms with van der Waals surface area (Å²) in [5.74, 6) is -0.146. The zero-order valence-electron chi connectivity index (χ0n) is 17.2. The first-order valence-electron chi connectivity index (χ1n) is 9.99. The number of amides is 1. The highest BCUT2D eigenvalue weighted by Crippen LogP contribution is 2.35. The monoisotopic (exact) mass is 467 g/mol. The van der Waals surface area contributed by atoms with E-state index in [1.165, 1.54) is 27.9 Å². The topological polar surface area (TPSA) is 54.7 Å². The van der Waals surface area contributed by atoms with E-state index in [0.29, 0.717) is 32.0 Å². The SMILES string of the molecule is CCCCN1C(=O)/C(=C/c2c(Sc3ccccc3)nc3ccc(C)cn3c2=O)SC1=S. The number of aromatic nitrogens is 2. The fourth-order valence-corrected chi connectivity index (χ4v) is 5.38. The summed E-state index contributed by atoms with van der Waals surface area (Å²) in [5, 5.41) is 0.568. The molecule has 0 atom stereocenters. The van der Waals surface area contributed by atoms with Gasteiger partial charge in [-0.1, -0.05) is 73.4 Å². The van der Waals surface area contributed by atoms with Crippen molar-refractivity contribution in [3.63, 3.8) is 0 Å². The maximum absolute atomic E-state index is 13.4. The largest absolute Gasteiger partial charge is 0.293 e. The summed E-state index contributed by atoms with van der Waals surface area (Å²) in [7, 11) is 0.